The lowest BCUT2D eigenvalue weighted by atomic mass is 10.2. The van der Waals surface area contributed by atoms with Gasteiger partial charge in [-0.3, -0.25) is 0 Å². The molecule has 0 radical (unpaired) electrons. The summed E-state index contributed by atoms with van der Waals surface area (Å²) in [6.07, 6.45) is 1.43. The Labute approximate surface area is 64.0 Å². The summed E-state index contributed by atoms with van der Waals surface area (Å²) in [5.74, 6) is 0. The molecular weight excluding hydrogens is 142 g/mol. The van der Waals surface area contributed by atoms with E-state index < -0.39 is 0 Å². The van der Waals surface area contributed by atoms with Crippen LogP contribution in [0.4, 0.5) is 5.69 Å². The summed E-state index contributed by atoms with van der Waals surface area (Å²) < 4.78 is 0. The molecule has 0 bridgehead atoms. The third-order valence-corrected chi connectivity index (χ3v) is 1.29. The zero-order valence-corrected chi connectivity index (χ0v) is 5.82. The van der Waals surface area contributed by atoms with Gasteiger partial charge in [-0.05, 0) is 17.7 Å². The summed E-state index contributed by atoms with van der Waals surface area (Å²) in [4.78, 5) is 13.2. The van der Waals surface area contributed by atoms with Gasteiger partial charge in [0.1, 0.15) is 0 Å². The molecule has 0 spiro atoms. The summed E-state index contributed by atoms with van der Waals surface area (Å²) in [5.41, 5.74) is 1.35. The molecule has 0 unspecified atom stereocenters. The molecule has 0 heterocycles. The number of benzene rings is 1. The molecule has 0 fully saturated rings. The van der Waals surface area contributed by atoms with Crippen molar-refractivity contribution in [2.45, 2.75) is 6.61 Å². The van der Waals surface area contributed by atoms with Crippen molar-refractivity contribution in [2.24, 2.45) is 4.99 Å². The predicted molar refractivity (Wildman–Crippen MR) is 40.1 cm³/mol. The van der Waals surface area contributed by atoms with Crippen molar-refractivity contribution in [3.63, 3.8) is 0 Å². The number of aliphatic imine (C=N–C) groups is 1. The largest absolute Gasteiger partial charge is 0.392 e. The first kappa shape index (κ1) is 7.66. The fourth-order valence-electron chi connectivity index (χ4n) is 0.729. The fraction of sp³-hybridized carbons (Fsp3) is 0.125. The normalized spacial score (nSPS) is 8.82. The Balaban J connectivity index is 2.91. The minimum atomic E-state index is 0.00504. The van der Waals surface area contributed by atoms with Crippen LogP contribution in [-0.2, 0) is 11.4 Å². The molecule has 0 saturated heterocycles. The van der Waals surface area contributed by atoms with Gasteiger partial charge < -0.3 is 5.11 Å². The molecular formula is C8H7NO2. The maximum atomic E-state index is 9.79. The maximum absolute atomic E-state index is 9.79. The zero-order chi connectivity index (χ0) is 8.10. The van der Waals surface area contributed by atoms with Crippen molar-refractivity contribution >= 4 is 11.8 Å². The van der Waals surface area contributed by atoms with E-state index in [1.165, 1.54) is 6.08 Å². The van der Waals surface area contributed by atoms with E-state index in [2.05, 4.69) is 4.99 Å². The van der Waals surface area contributed by atoms with Gasteiger partial charge in [0, 0.05) is 0 Å². The van der Waals surface area contributed by atoms with Crippen LogP contribution < -0.4 is 0 Å². The number of hydrogen-bond donors (Lipinski definition) is 1. The third-order valence-electron chi connectivity index (χ3n) is 1.29. The summed E-state index contributed by atoms with van der Waals surface area (Å²) in [6.45, 7) is 0.00504. The van der Waals surface area contributed by atoms with Crippen LogP contribution in [0.5, 0.6) is 0 Å². The Morgan fingerprint density at radius 3 is 2.45 bits per heavy atom. The Bertz CT molecular complexity index is 273. The molecule has 3 heteroatoms. The highest BCUT2D eigenvalue weighted by molar-refractivity contribution is 5.48. The second-order valence-corrected chi connectivity index (χ2v) is 2.03. The van der Waals surface area contributed by atoms with Crippen molar-refractivity contribution in [1.29, 1.82) is 0 Å². The fourth-order valence-corrected chi connectivity index (χ4v) is 0.729. The van der Waals surface area contributed by atoms with E-state index >= 15 is 0 Å². The van der Waals surface area contributed by atoms with Crippen LogP contribution in [0, 0.1) is 0 Å². The number of aliphatic hydroxyl groups is 1. The van der Waals surface area contributed by atoms with E-state index in [-0.39, 0.29) is 6.61 Å². The van der Waals surface area contributed by atoms with Crippen LogP contribution in [0.15, 0.2) is 29.3 Å². The van der Waals surface area contributed by atoms with Crippen molar-refractivity contribution in [1.82, 2.24) is 0 Å². The maximum Gasteiger partial charge on any atom is 0.240 e. The van der Waals surface area contributed by atoms with Crippen molar-refractivity contribution in [3.05, 3.63) is 29.8 Å². The molecule has 0 aliphatic carbocycles. The van der Waals surface area contributed by atoms with Crippen molar-refractivity contribution in [2.75, 3.05) is 0 Å². The second-order valence-electron chi connectivity index (χ2n) is 2.03. The van der Waals surface area contributed by atoms with Gasteiger partial charge in [0.25, 0.3) is 0 Å². The minimum absolute atomic E-state index is 0.00504. The van der Waals surface area contributed by atoms with E-state index in [9.17, 15) is 4.79 Å². The highest BCUT2D eigenvalue weighted by Crippen LogP contribution is 2.11. The van der Waals surface area contributed by atoms with E-state index in [4.69, 9.17) is 5.11 Å². The number of isocyanates is 1. The van der Waals surface area contributed by atoms with Crippen LogP contribution in [0.2, 0.25) is 0 Å². The van der Waals surface area contributed by atoms with Crippen LogP contribution in [-0.4, -0.2) is 11.2 Å². The monoisotopic (exact) mass is 149 g/mol. The lowest BCUT2D eigenvalue weighted by Crippen LogP contribution is -1.79. The van der Waals surface area contributed by atoms with Crippen LogP contribution in [0.3, 0.4) is 0 Å². The molecule has 1 aromatic rings. The van der Waals surface area contributed by atoms with Gasteiger partial charge in [-0.1, -0.05) is 12.1 Å². The summed E-state index contributed by atoms with van der Waals surface area (Å²) in [6, 6.07) is 6.71. The van der Waals surface area contributed by atoms with E-state index in [1.54, 1.807) is 24.3 Å². The first-order valence-electron chi connectivity index (χ1n) is 3.14. The molecule has 0 amide bonds. The Morgan fingerprint density at radius 2 is 2.00 bits per heavy atom. The second kappa shape index (κ2) is 3.66. The van der Waals surface area contributed by atoms with E-state index in [1.807, 2.05) is 0 Å². The molecule has 1 aromatic carbocycles. The van der Waals surface area contributed by atoms with Gasteiger partial charge in [-0.15, -0.1) is 0 Å². The zero-order valence-electron chi connectivity index (χ0n) is 5.82. The van der Waals surface area contributed by atoms with Gasteiger partial charge in [-0.25, -0.2) is 4.79 Å². The first-order valence-corrected chi connectivity index (χ1v) is 3.14. The molecule has 0 atom stereocenters. The molecule has 0 aromatic heterocycles. The molecule has 56 valence electrons. The Morgan fingerprint density at radius 1 is 1.36 bits per heavy atom. The summed E-state index contributed by atoms with van der Waals surface area (Å²) in [7, 11) is 0. The first-order chi connectivity index (χ1) is 5.36. The lowest BCUT2D eigenvalue weighted by Gasteiger charge is -1.93. The number of nitrogens with zero attached hydrogens (tertiary/aromatic N) is 1. The smallest absolute Gasteiger partial charge is 0.240 e. The van der Waals surface area contributed by atoms with Crippen LogP contribution in [0.1, 0.15) is 5.56 Å². The average molecular weight is 149 g/mol. The van der Waals surface area contributed by atoms with Crippen molar-refractivity contribution in [3.8, 4) is 0 Å². The molecule has 3 nitrogen and oxygen atoms in total. The SMILES string of the molecule is O=C=Nc1ccc(CO)cc1. The summed E-state index contributed by atoms with van der Waals surface area (Å²) in [5, 5.41) is 8.65. The number of aliphatic hydroxyl groups excluding tert-OH is 1. The molecule has 0 aliphatic rings. The molecule has 0 saturated carbocycles. The highest BCUT2D eigenvalue weighted by Gasteiger charge is 1.89. The molecule has 11 heavy (non-hydrogen) atoms. The molecule has 0 aliphatic heterocycles. The average Bonchev–Trinajstić information content (AvgIpc) is 2.07. The highest BCUT2D eigenvalue weighted by atomic mass is 16.3. The van der Waals surface area contributed by atoms with Crippen LogP contribution in [0.25, 0.3) is 0 Å². The lowest BCUT2D eigenvalue weighted by molar-refractivity contribution is 0.282. The standard InChI is InChI=1S/C8H7NO2/c10-5-7-1-3-8(4-2-7)9-6-11/h1-4,10H,5H2. The van der Waals surface area contributed by atoms with E-state index in [0.29, 0.717) is 5.69 Å². The number of carbonyl (C=O) groups excluding carboxylic acids is 1. The number of hydrogen-bond acceptors (Lipinski definition) is 3. The van der Waals surface area contributed by atoms with Gasteiger partial charge in [-0.2, -0.15) is 4.99 Å². The van der Waals surface area contributed by atoms with Gasteiger partial charge in [0.2, 0.25) is 6.08 Å². The van der Waals surface area contributed by atoms with Crippen LogP contribution >= 0.6 is 0 Å². The van der Waals surface area contributed by atoms with Gasteiger partial charge in [0.05, 0.1) is 12.3 Å². The minimum Gasteiger partial charge on any atom is -0.392 e. The number of rotatable bonds is 2. The Kier molecular flexibility index (Phi) is 2.55. The quantitative estimate of drug-likeness (QED) is 0.506. The molecule has 1 N–H and O–H groups in total. The van der Waals surface area contributed by atoms with Gasteiger partial charge in [0.15, 0.2) is 0 Å². The molecule has 1 rings (SSSR count). The predicted octanol–water partition coefficient (Wildman–Crippen LogP) is 1.15. The third kappa shape index (κ3) is 2.00. The summed E-state index contributed by atoms with van der Waals surface area (Å²) >= 11 is 0. The Hall–Kier alpha value is -1.44. The van der Waals surface area contributed by atoms with Crippen molar-refractivity contribution < 1.29 is 9.90 Å². The van der Waals surface area contributed by atoms with Gasteiger partial charge >= 0.3 is 0 Å². The van der Waals surface area contributed by atoms with E-state index in [0.717, 1.165) is 5.56 Å². The topological polar surface area (TPSA) is 49.7 Å².